The maximum atomic E-state index is 12.8. The summed E-state index contributed by atoms with van der Waals surface area (Å²) in [4.78, 5) is 39.9. The first-order valence-corrected chi connectivity index (χ1v) is 9.52. The lowest BCUT2D eigenvalue weighted by Gasteiger charge is -2.19. The van der Waals surface area contributed by atoms with Gasteiger partial charge < -0.3 is 19.8 Å². The SMILES string of the molecule is CC(C)c1[nH]c(=O)n(CC(=O)N[C@H](C(=O)c2nnc(C(C)(C)C)o2)C(C)C)c1O. The van der Waals surface area contributed by atoms with Crippen LogP contribution in [0.2, 0.25) is 0 Å². The summed E-state index contributed by atoms with van der Waals surface area (Å²) in [6.07, 6.45) is 0. The molecular weight excluding hydrogens is 378 g/mol. The molecule has 2 aromatic rings. The number of aromatic hydroxyl groups is 1. The molecule has 0 fully saturated rings. The first-order chi connectivity index (χ1) is 13.3. The van der Waals surface area contributed by atoms with Gasteiger partial charge in [0.1, 0.15) is 6.54 Å². The Morgan fingerprint density at radius 2 is 1.83 bits per heavy atom. The van der Waals surface area contributed by atoms with E-state index in [0.29, 0.717) is 11.6 Å². The first kappa shape index (κ1) is 22.4. The van der Waals surface area contributed by atoms with Gasteiger partial charge in [-0.15, -0.1) is 10.2 Å². The molecular formula is C19H29N5O5. The van der Waals surface area contributed by atoms with Crippen molar-refractivity contribution in [2.75, 3.05) is 0 Å². The molecule has 0 spiro atoms. The van der Waals surface area contributed by atoms with Crippen molar-refractivity contribution in [3.8, 4) is 5.88 Å². The third-order valence-corrected chi connectivity index (χ3v) is 4.41. The van der Waals surface area contributed by atoms with Gasteiger partial charge in [0.15, 0.2) is 0 Å². The van der Waals surface area contributed by atoms with Gasteiger partial charge >= 0.3 is 5.69 Å². The number of H-pyrrole nitrogens is 1. The number of ketones is 1. The van der Waals surface area contributed by atoms with Crippen LogP contribution in [0.3, 0.4) is 0 Å². The van der Waals surface area contributed by atoms with Crippen LogP contribution < -0.4 is 11.0 Å². The lowest BCUT2D eigenvalue weighted by atomic mass is 9.97. The summed E-state index contributed by atoms with van der Waals surface area (Å²) < 4.78 is 6.41. The minimum absolute atomic E-state index is 0.119. The van der Waals surface area contributed by atoms with Gasteiger partial charge in [-0.25, -0.2) is 4.79 Å². The number of hydrogen-bond acceptors (Lipinski definition) is 7. The fourth-order valence-corrected chi connectivity index (χ4v) is 2.69. The highest BCUT2D eigenvalue weighted by atomic mass is 16.4. The first-order valence-electron chi connectivity index (χ1n) is 9.52. The van der Waals surface area contributed by atoms with Gasteiger partial charge in [-0.05, 0) is 11.8 Å². The highest BCUT2D eigenvalue weighted by Crippen LogP contribution is 2.22. The van der Waals surface area contributed by atoms with Gasteiger partial charge in [-0.2, -0.15) is 0 Å². The number of carbonyl (C=O) groups excluding carboxylic acids is 2. The monoisotopic (exact) mass is 407 g/mol. The number of amides is 1. The lowest BCUT2D eigenvalue weighted by molar-refractivity contribution is -0.122. The molecule has 10 heteroatoms. The van der Waals surface area contributed by atoms with Gasteiger partial charge in [0.25, 0.3) is 5.89 Å². The molecule has 0 unspecified atom stereocenters. The predicted octanol–water partition coefficient (Wildman–Crippen LogP) is 1.71. The third kappa shape index (κ3) is 4.93. The van der Waals surface area contributed by atoms with Crippen LogP contribution in [-0.4, -0.2) is 42.6 Å². The summed E-state index contributed by atoms with van der Waals surface area (Å²) in [5, 5.41) is 20.5. The molecule has 2 aromatic heterocycles. The fraction of sp³-hybridized carbons (Fsp3) is 0.632. The second kappa shape index (κ2) is 8.22. The number of Topliss-reactive ketones (excluding diaryl/α,β-unsaturated/α-hetero) is 1. The largest absolute Gasteiger partial charge is 0.493 e. The summed E-state index contributed by atoms with van der Waals surface area (Å²) in [6.45, 7) is 12.3. The van der Waals surface area contributed by atoms with Gasteiger partial charge in [0.2, 0.25) is 23.5 Å². The van der Waals surface area contributed by atoms with Gasteiger partial charge in [0.05, 0.1) is 11.7 Å². The van der Waals surface area contributed by atoms with Gasteiger partial charge in [0, 0.05) is 5.41 Å². The van der Waals surface area contributed by atoms with Crippen molar-refractivity contribution in [1.29, 1.82) is 0 Å². The fourth-order valence-electron chi connectivity index (χ4n) is 2.69. The molecule has 10 nitrogen and oxygen atoms in total. The summed E-state index contributed by atoms with van der Waals surface area (Å²) in [5.74, 6) is -1.65. The molecule has 3 N–H and O–H groups in total. The minimum atomic E-state index is -0.919. The zero-order valence-corrected chi connectivity index (χ0v) is 17.9. The Hall–Kier alpha value is -2.91. The van der Waals surface area contributed by atoms with Crippen LogP contribution in [-0.2, 0) is 16.8 Å². The number of rotatable bonds is 7. The molecule has 0 aliphatic heterocycles. The molecule has 0 saturated carbocycles. The van der Waals surface area contributed by atoms with Crippen LogP contribution in [0.25, 0.3) is 0 Å². The van der Waals surface area contributed by atoms with E-state index in [-0.39, 0.29) is 23.6 Å². The zero-order chi connectivity index (χ0) is 22.1. The zero-order valence-electron chi connectivity index (χ0n) is 17.9. The van der Waals surface area contributed by atoms with Crippen molar-refractivity contribution in [1.82, 2.24) is 25.1 Å². The van der Waals surface area contributed by atoms with E-state index in [1.807, 2.05) is 20.8 Å². The van der Waals surface area contributed by atoms with Crippen molar-refractivity contribution in [3.05, 3.63) is 28.0 Å². The molecule has 1 amide bonds. The van der Waals surface area contributed by atoms with Crippen LogP contribution >= 0.6 is 0 Å². The number of hydrogen-bond donors (Lipinski definition) is 3. The van der Waals surface area contributed by atoms with Gasteiger partial charge in [-0.3, -0.25) is 14.2 Å². The number of carbonyl (C=O) groups is 2. The number of imidazole rings is 1. The van der Waals surface area contributed by atoms with E-state index in [0.717, 1.165) is 4.57 Å². The molecule has 1 atom stereocenters. The topological polar surface area (TPSA) is 143 Å². The van der Waals surface area contributed by atoms with E-state index in [2.05, 4.69) is 20.5 Å². The molecule has 0 bridgehead atoms. The van der Waals surface area contributed by atoms with E-state index in [1.165, 1.54) is 0 Å². The molecule has 0 saturated heterocycles. The molecule has 0 aliphatic carbocycles. The quantitative estimate of drug-likeness (QED) is 0.593. The molecule has 0 radical (unpaired) electrons. The smallest absolute Gasteiger partial charge is 0.329 e. The summed E-state index contributed by atoms with van der Waals surface area (Å²) >= 11 is 0. The van der Waals surface area contributed by atoms with Crippen LogP contribution in [0.4, 0.5) is 0 Å². The standard InChI is InChI=1S/C19H29N5O5/c1-9(2)12(14(26)15-22-23-17(29-15)19(5,6)7)20-11(25)8-24-16(27)13(10(3)4)21-18(24)28/h9-10,12,27H,8H2,1-7H3,(H,20,25)(H,21,28)/t12-/m0/s1. The van der Waals surface area contributed by atoms with Crippen molar-refractivity contribution < 1.29 is 19.1 Å². The van der Waals surface area contributed by atoms with Gasteiger partial charge in [-0.1, -0.05) is 48.5 Å². The van der Waals surface area contributed by atoms with Crippen LogP contribution in [0.1, 0.15) is 76.7 Å². The highest BCUT2D eigenvalue weighted by Gasteiger charge is 2.31. The second-order valence-corrected chi connectivity index (χ2v) is 8.72. The van der Waals surface area contributed by atoms with E-state index < -0.39 is 35.4 Å². The summed E-state index contributed by atoms with van der Waals surface area (Å²) in [6, 6.07) is -0.919. The Labute approximate surface area is 168 Å². The van der Waals surface area contributed by atoms with E-state index in [1.54, 1.807) is 27.7 Å². The van der Waals surface area contributed by atoms with Crippen molar-refractivity contribution in [2.24, 2.45) is 5.92 Å². The average molecular weight is 407 g/mol. The minimum Gasteiger partial charge on any atom is -0.493 e. The lowest BCUT2D eigenvalue weighted by Crippen LogP contribution is -2.46. The Bertz CT molecular complexity index is 945. The molecule has 160 valence electrons. The van der Waals surface area contributed by atoms with Crippen LogP contribution in [0.5, 0.6) is 5.88 Å². The second-order valence-electron chi connectivity index (χ2n) is 8.72. The number of aromatic amines is 1. The summed E-state index contributed by atoms with van der Waals surface area (Å²) in [5.41, 5.74) is -0.663. The number of aromatic nitrogens is 4. The predicted molar refractivity (Wildman–Crippen MR) is 105 cm³/mol. The van der Waals surface area contributed by atoms with Crippen LogP contribution in [0.15, 0.2) is 9.21 Å². The Balaban J connectivity index is 2.19. The molecule has 29 heavy (non-hydrogen) atoms. The molecule has 2 heterocycles. The normalized spacial score (nSPS) is 13.1. The van der Waals surface area contributed by atoms with E-state index in [9.17, 15) is 19.5 Å². The average Bonchev–Trinajstić information content (AvgIpc) is 3.19. The maximum Gasteiger partial charge on any atom is 0.329 e. The molecule has 0 aliphatic rings. The highest BCUT2D eigenvalue weighted by molar-refractivity contribution is 5.98. The number of nitrogens with one attached hydrogen (secondary N) is 2. The van der Waals surface area contributed by atoms with E-state index in [4.69, 9.17) is 4.42 Å². The van der Waals surface area contributed by atoms with Crippen molar-refractivity contribution >= 4 is 11.7 Å². The third-order valence-electron chi connectivity index (χ3n) is 4.41. The Morgan fingerprint density at radius 3 is 2.28 bits per heavy atom. The van der Waals surface area contributed by atoms with E-state index >= 15 is 0 Å². The van der Waals surface area contributed by atoms with Crippen molar-refractivity contribution in [2.45, 2.75) is 72.4 Å². The Kier molecular flexibility index (Phi) is 6.34. The Morgan fingerprint density at radius 1 is 1.21 bits per heavy atom. The summed E-state index contributed by atoms with van der Waals surface area (Å²) in [7, 11) is 0. The molecule has 2 rings (SSSR count). The van der Waals surface area contributed by atoms with Crippen molar-refractivity contribution in [3.63, 3.8) is 0 Å². The number of nitrogens with zero attached hydrogens (tertiary/aromatic N) is 3. The molecule has 0 aromatic carbocycles. The van der Waals surface area contributed by atoms with Crippen LogP contribution in [0, 0.1) is 5.92 Å². The maximum absolute atomic E-state index is 12.8.